The highest BCUT2D eigenvalue weighted by molar-refractivity contribution is 8.00. The van der Waals surface area contributed by atoms with E-state index in [1.807, 2.05) is 11.8 Å². The largest absolute Gasteiger partial charge is 0.380 e. The van der Waals surface area contributed by atoms with Gasteiger partial charge in [-0.05, 0) is 38.5 Å². The molecule has 5 fully saturated rings. The molecule has 5 aliphatic rings. The molecule has 37 heavy (non-hydrogen) atoms. The standard InChI is InChI=1S/C24H41Cl2N7O3S/c1-11-4-13(14-5-20(26)29-8-18(14)36-3)15(6-27-11)22(34)32-24-31-17-9-33(10-19(17)37-24)23(35)21-16(25)7-28-12(2)30-21/h11-21,24,27-31H,4-10H2,1-3H3,(H,32,34). The van der Waals surface area contributed by atoms with Gasteiger partial charge in [-0.1, -0.05) is 0 Å². The van der Waals surface area contributed by atoms with E-state index in [4.69, 9.17) is 27.9 Å². The van der Waals surface area contributed by atoms with Gasteiger partial charge >= 0.3 is 0 Å². The van der Waals surface area contributed by atoms with E-state index in [0.717, 1.165) is 12.8 Å². The molecule has 0 aromatic rings. The second kappa shape index (κ2) is 12.0. The maximum absolute atomic E-state index is 13.6. The van der Waals surface area contributed by atoms with Crippen molar-refractivity contribution in [2.45, 2.75) is 78.7 Å². The second-order valence-corrected chi connectivity index (χ2v) is 13.7. The molecule has 0 saturated carbocycles. The van der Waals surface area contributed by atoms with Crippen LogP contribution in [0.2, 0.25) is 0 Å². The molecule has 0 aromatic carbocycles. The molecule has 0 radical (unpaired) electrons. The second-order valence-electron chi connectivity index (χ2n) is 11.2. The van der Waals surface area contributed by atoms with Crippen LogP contribution in [0.5, 0.6) is 0 Å². The number of alkyl halides is 2. The van der Waals surface area contributed by atoms with E-state index < -0.39 is 0 Å². The number of likely N-dealkylation sites (tertiary alicyclic amines) is 1. The first-order chi connectivity index (χ1) is 17.7. The van der Waals surface area contributed by atoms with Gasteiger partial charge in [-0.2, -0.15) is 0 Å². The van der Waals surface area contributed by atoms with Crippen LogP contribution in [0.25, 0.3) is 0 Å². The Balaban J connectivity index is 1.16. The average Bonchev–Trinajstić information content (AvgIpc) is 3.43. The molecule has 5 heterocycles. The van der Waals surface area contributed by atoms with E-state index in [1.165, 1.54) is 0 Å². The molecule has 0 aromatic heterocycles. The number of nitrogens with one attached hydrogen (secondary N) is 6. The van der Waals surface area contributed by atoms with Gasteiger partial charge in [0, 0.05) is 57.2 Å². The van der Waals surface area contributed by atoms with Gasteiger partial charge in [-0.15, -0.1) is 35.0 Å². The lowest BCUT2D eigenvalue weighted by Crippen LogP contribution is -2.63. The molecule has 12 unspecified atom stereocenters. The lowest BCUT2D eigenvalue weighted by atomic mass is 9.70. The lowest BCUT2D eigenvalue weighted by Gasteiger charge is -2.45. The first-order valence-electron chi connectivity index (χ1n) is 13.5. The lowest BCUT2D eigenvalue weighted by molar-refractivity contribution is -0.133. The number of thioether (sulfide) groups is 1. The molecule has 6 N–H and O–H groups in total. The molecule has 13 heteroatoms. The fourth-order valence-corrected chi connectivity index (χ4v) is 8.68. The maximum atomic E-state index is 13.6. The minimum Gasteiger partial charge on any atom is -0.380 e. The predicted molar refractivity (Wildman–Crippen MR) is 146 cm³/mol. The van der Waals surface area contributed by atoms with E-state index in [-0.39, 0.29) is 75.5 Å². The number of hydrogen-bond donors (Lipinski definition) is 6. The number of rotatable bonds is 5. The molecule has 0 bridgehead atoms. The predicted octanol–water partition coefficient (Wildman–Crippen LogP) is -0.380. The van der Waals surface area contributed by atoms with E-state index in [0.29, 0.717) is 38.8 Å². The van der Waals surface area contributed by atoms with Crippen molar-refractivity contribution < 1.29 is 14.3 Å². The van der Waals surface area contributed by atoms with Crippen molar-refractivity contribution in [1.82, 2.24) is 36.8 Å². The number of carbonyl (C=O) groups excluding carboxylic acids is 2. The summed E-state index contributed by atoms with van der Waals surface area (Å²) in [6, 6.07) is 0.114. The van der Waals surface area contributed by atoms with Crippen LogP contribution in [-0.2, 0) is 14.3 Å². The fraction of sp³-hybridized carbons (Fsp3) is 0.917. The van der Waals surface area contributed by atoms with Gasteiger partial charge in [-0.25, -0.2) is 0 Å². The first-order valence-corrected chi connectivity index (χ1v) is 15.3. The SMILES string of the molecule is COC1CNC(Cl)CC1C1CC(C)NCC1C(=O)NC1NC2CN(C(=O)C3NC(C)NCC3Cl)CC2S1. The first kappa shape index (κ1) is 28.2. The van der Waals surface area contributed by atoms with Crippen molar-refractivity contribution in [1.29, 1.82) is 0 Å². The van der Waals surface area contributed by atoms with Gasteiger partial charge in [0.1, 0.15) is 11.5 Å². The zero-order chi connectivity index (χ0) is 26.3. The normalized spacial score (nSPS) is 46.5. The van der Waals surface area contributed by atoms with Crippen molar-refractivity contribution in [3.63, 3.8) is 0 Å². The summed E-state index contributed by atoms with van der Waals surface area (Å²) in [5.41, 5.74) is -0.260. The van der Waals surface area contributed by atoms with Crippen LogP contribution < -0.4 is 31.9 Å². The van der Waals surface area contributed by atoms with Crippen LogP contribution in [0.1, 0.15) is 26.7 Å². The Bertz CT molecular complexity index is 832. The molecule has 0 spiro atoms. The number of methoxy groups -OCH3 is 1. The summed E-state index contributed by atoms with van der Waals surface area (Å²) in [6.07, 6.45) is 1.82. The molecule has 0 aliphatic carbocycles. The highest BCUT2D eigenvalue weighted by Crippen LogP contribution is 2.38. The Kier molecular flexibility index (Phi) is 9.15. The number of nitrogens with zero attached hydrogens (tertiary/aromatic N) is 1. The van der Waals surface area contributed by atoms with E-state index >= 15 is 0 Å². The Labute approximate surface area is 233 Å². The molecule has 10 nitrogen and oxygen atoms in total. The summed E-state index contributed by atoms with van der Waals surface area (Å²) in [7, 11) is 1.74. The molecule has 12 atom stereocenters. The van der Waals surface area contributed by atoms with Gasteiger partial charge in [0.25, 0.3) is 0 Å². The van der Waals surface area contributed by atoms with Crippen LogP contribution >= 0.6 is 35.0 Å². The van der Waals surface area contributed by atoms with Crippen LogP contribution in [0.3, 0.4) is 0 Å². The molecule has 2 amide bonds. The molecular formula is C24H41Cl2N7O3S. The Hall–Kier alpha value is -0.370. The van der Waals surface area contributed by atoms with Crippen molar-refractivity contribution in [3.05, 3.63) is 0 Å². The van der Waals surface area contributed by atoms with E-state index in [2.05, 4.69) is 38.8 Å². The van der Waals surface area contributed by atoms with Crippen LogP contribution in [0.4, 0.5) is 0 Å². The average molecular weight is 579 g/mol. The summed E-state index contributed by atoms with van der Waals surface area (Å²) in [5, 5.41) is 20.1. The third-order valence-electron chi connectivity index (χ3n) is 8.72. The number of piperidine rings is 2. The van der Waals surface area contributed by atoms with Gasteiger partial charge < -0.3 is 25.6 Å². The van der Waals surface area contributed by atoms with Crippen molar-refractivity contribution in [2.24, 2.45) is 17.8 Å². The van der Waals surface area contributed by atoms with E-state index in [1.54, 1.807) is 18.9 Å². The Morgan fingerprint density at radius 2 is 1.81 bits per heavy atom. The minimum absolute atomic E-state index is 0.0486. The van der Waals surface area contributed by atoms with Gasteiger partial charge in [0.2, 0.25) is 11.8 Å². The molecule has 5 rings (SSSR count). The highest BCUT2D eigenvalue weighted by atomic mass is 35.5. The topological polar surface area (TPSA) is 119 Å². The van der Waals surface area contributed by atoms with Crippen molar-refractivity contribution in [2.75, 3.05) is 39.8 Å². The Morgan fingerprint density at radius 1 is 1.00 bits per heavy atom. The number of ether oxygens (including phenoxy) is 1. The molecular weight excluding hydrogens is 537 g/mol. The zero-order valence-electron chi connectivity index (χ0n) is 21.7. The van der Waals surface area contributed by atoms with Crippen LogP contribution in [-0.4, -0.2) is 109 Å². The van der Waals surface area contributed by atoms with Gasteiger partial charge in [0.15, 0.2) is 0 Å². The van der Waals surface area contributed by atoms with Crippen LogP contribution in [0, 0.1) is 17.8 Å². The Morgan fingerprint density at radius 3 is 2.57 bits per heavy atom. The number of amides is 2. The quantitative estimate of drug-likeness (QED) is 0.192. The monoisotopic (exact) mass is 577 g/mol. The third kappa shape index (κ3) is 6.20. The van der Waals surface area contributed by atoms with E-state index in [9.17, 15) is 9.59 Å². The van der Waals surface area contributed by atoms with Gasteiger partial charge in [-0.3, -0.25) is 25.5 Å². The summed E-state index contributed by atoms with van der Waals surface area (Å²) in [6.45, 7) is 7.42. The zero-order valence-corrected chi connectivity index (χ0v) is 24.0. The number of halogens is 2. The summed E-state index contributed by atoms with van der Waals surface area (Å²) < 4.78 is 5.80. The molecule has 5 saturated heterocycles. The molecule has 5 aliphatic heterocycles. The number of hydrogen-bond acceptors (Lipinski definition) is 9. The van der Waals surface area contributed by atoms with Crippen LogP contribution in [0.15, 0.2) is 0 Å². The summed E-state index contributed by atoms with van der Waals surface area (Å²) >= 11 is 14.6. The highest BCUT2D eigenvalue weighted by Gasteiger charge is 2.48. The van der Waals surface area contributed by atoms with Crippen molar-refractivity contribution in [3.8, 4) is 0 Å². The fourth-order valence-electron chi connectivity index (χ4n) is 6.71. The van der Waals surface area contributed by atoms with Crippen molar-refractivity contribution >= 4 is 46.8 Å². The minimum atomic E-state index is -0.381. The third-order valence-corrected chi connectivity index (χ3v) is 10.8. The number of carbonyl (C=O) groups is 2. The smallest absolute Gasteiger partial charge is 0.241 e. The molecule has 210 valence electrons. The summed E-state index contributed by atoms with van der Waals surface area (Å²) in [5.74, 6) is 0.416. The van der Waals surface area contributed by atoms with Gasteiger partial charge in [0.05, 0.1) is 29.1 Å². The maximum Gasteiger partial charge on any atom is 0.241 e. The number of fused-ring (bicyclic) bond motifs is 1. The summed E-state index contributed by atoms with van der Waals surface area (Å²) in [4.78, 5) is 28.6.